The van der Waals surface area contributed by atoms with Crippen LogP contribution in [0.5, 0.6) is 0 Å². The van der Waals surface area contributed by atoms with Gasteiger partial charge in [0.1, 0.15) is 11.5 Å². The molecule has 0 aliphatic heterocycles. The Balaban J connectivity index is 2.26. The molecule has 0 saturated carbocycles. The maximum atomic E-state index is 12.9. The fourth-order valence-electron chi connectivity index (χ4n) is 1.97. The van der Waals surface area contributed by atoms with Gasteiger partial charge >= 0.3 is 5.69 Å². The summed E-state index contributed by atoms with van der Waals surface area (Å²) in [5.41, 5.74) is 0.560. The van der Waals surface area contributed by atoms with Crippen LogP contribution in [0.4, 0.5) is 4.39 Å². The Hall–Kier alpha value is -2.76. The van der Waals surface area contributed by atoms with Crippen molar-refractivity contribution in [2.45, 2.75) is 0 Å². The van der Waals surface area contributed by atoms with Crippen LogP contribution in [0.1, 0.15) is 0 Å². The van der Waals surface area contributed by atoms with E-state index in [0.29, 0.717) is 16.6 Å². The minimum absolute atomic E-state index is 0.222. The highest BCUT2D eigenvalue weighted by atomic mass is 19.1. The molecule has 3 rings (SSSR count). The Bertz CT molecular complexity index is 910. The van der Waals surface area contributed by atoms with Gasteiger partial charge in [0.25, 0.3) is 5.56 Å². The summed E-state index contributed by atoms with van der Waals surface area (Å²) in [5.74, 6) is -0.336. The molecule has 0 aliphatic rings. The highest BCUT2D eigenvalue weighted by Gasteiger charge is 2.07. The summed E-state index contributed by atoms with van der Waals surface area (Å²) in [6, 6.07) is 9.09. The SMILES string of the molecule is Cn1c(=O)[nH]c2nc(-c3ccc(F)cc3)ccc2c1=O. The average molecular weight is 271 g/mol. The number of benzene rings is 1. The first kappa shape index (κ1) is 12.3. The van der Waals surface area contributed by atoms with Crippen molar-refractivity contribution in [1.29, 1.82) is 0 Å². The Morgan fingerprint density at radius 2 is 1.80 bits per heavy atom. The molecule has 1 aromatic carbocycles. The van der Waals surface area contributed by atoms with Crippen molar-refractivity contribution in [3.63, 3.8) is 0 Å². The number of aromatic amines is 1. The molecule has 0 saturated heterocycles. The Morgan fingerprint density at radius 1 is 1.10 bits per heavy atom. The lowest BCUT2D eigenvalue weighted by Gasteiger charge is -2.04. The van der Waals surface area contributed by atoms with E-state index in [0.717, 1.165) is 4.57 Å². The van der Waals surface area contributed by atoms with Crippen molar-refractivity contribution < 1.29 is 4.39 Å². The molecule has 3 aromatic rings. The lowest BCUT2D eigenvalue weighted by Crippen LogP contribution is -2.32. The summed E-state index contributed by atoms with van der Waals surface area (Å²) in [7, 11) is 1.40. The van der Waals surface area contributed by atoms with Crippen molar-refractivity contribution in [3.05, 3.63) is 63.1 Å². The molecule has 0 aliphatic carbocycles. The van der Waals surface area contributed by atoms with Gasteiger partial charge in [-0.05, 0) is 36.4 Å². The minimum atomic E-state index is -0.522. The van der Waals surface area contributed by atoms with Gasteiger partial charge in [0.05, 0.1) is 11.1 Å². The number of pyridine rings is 1. The average Bonchev–Trinajstić information content (AvgIpc) is 2.45. The molecule has 0 fully saturated rings. The molecule has 0 bridgehead atoms. The van der Waals surface area contributed by atoms with Crippen LogP contribution in [0.2, 0.25) is 0 Å². The Kier molecular flexibility index (Phi) is 2.71. The van der Waals surface area contributed by atoms with Crippen molar-refractivity contribution >= 4 is 11.0 Å². The number of fused-ring (bicyclic) bond motifs is 1. The van der Waals surface area contributed by atoms with E-state index in [1.807, 2.05) is 0 Å². The van der Waals surface area contributed by atoms with Gasteiger partial charge in [-0.2, -0.15) is 0 Å². The van der Waals surface area contributed by atoms with Crippen LogP contribution in [0.25, 0.3) is 22.3 Å². The maximum absolute atomic E-state index is 12.9. The third kappa shape index (κ3) is 1.91. The zero-order valence-corrected chi connectivity index (χ0v) is 10.6. The van der Waals surface area contributed by atoms with Gasteiger partial charge in [-0.25, -0.2) is 14.2 Å². The van der Waals surface area contributed by atoms with E-state index in [4.69, 9.17) is 0 Å². The minimum Gasteiger partial charge on any atom is -0.291 e. The molecule has 0 atom stereocenters. The van der Waals surface area contributed by atoms with Crippen molar-refractivity contribution in [1.82, 2.24) is 14.5 Å². The van der Waals surface area contributed by atoms with Crippen LogP contribution >= 0.6 is 0 Å². The molecule has 0 amide bonds. The number of hydrogen-bond acceptors (Lipinski definition) is 3. The lowest BCUT2D eigenvalue weighted by molar-refractivity contribution is 0.628. The second-order valence-corrected chi connectivity index (χ2v) is 4.39. The number of nitrogens with zero attached hydrogens (tertiary/aromatic N) is 2. The first-order valence-electron chi connectivity index (χ1n) is 5.92. The largest absolute Gasteiger partial charge is 0.329 e. The molecule has 100 valence electrons. The summed E-state index contributed by atoms with van der Waals surface area (Å²) in [4.78, 5) is 30.2. The predicted molar refractivity (Wildman–Crippen MR) is 73.0 cm³/mol. The smallest absolute Gasteiger partial charge is 0.291 e. The molecular formula is C14H10FN3O2. The number of hydrogen-bond donors (Lipinski definition) is 1. The lowest BCUT2D eigenvalue weighted by atomic mass is 10.1. The fraction of sp³-hybridized carbons (Fsp3) is 0.0714. The molecule has 1 N–H and O–H groups in total. The number of nitrogens with one attached hydrogen (secondary N) is 1. The van der Waals surface area contributed by atoms with Crippen LogP contribution in [-0.4, -0.2) is 14.5 Å². The summed E-state index contributed by atoms with van der Waals surface area (Å²) in [6.45, 7) is 0. The monoisotopic (exact) mass is 271 g/mol. The first-order valence-corrected chi connectivity index (χ1v) is 5.92. The molecular weight excluding hydrogens is 261 g/mol. The van der Waals surface area contributed by atoms with E-state index in [9.17, 15) is 14.0 Å². The summed E-state index contributed by atoms with van der Waals surface area (Å²) in [5, 5.41) is 0.331. The molecule has 2 heterocycles. The molecule has 20 heavy (non-hydrogen) atoms. The topological polar surface area (TPSA) is 67.8 Å². The Morgan fingerprint density at radius 3 is 2.50 bits per heavy atom. The summed E-state index contributed by atoms with van der Waals surface area (Å²) < 4.78 is 13.9. The molecule has 2 aromatic heterocycles. The molecule has 0 spiro atoms. The van der Waals surface area contributed by atoms with E-state index in [1.165, 1.54) is 19.2 Å². The van der Waals surface area contributed by atoms with Gasteiger partial charge in [-0.1, -0.05) is 0 Å². The summed E-state index contributed by atoms with van der Waals surface area (Å²) in [6.07, 6.45) is 0. The Labute approximate surface area is 112 Å². The third-order valence-corrected chi connectivity index (χ3v) is 3.10. The van der Waals surface area contributed by atoms with Gasteiger partial charge < -0.3 is 0 Å². The fourth-order valence-corrected chi connectivity index (χ4v) is 1.97. The highest BCUT2D eigenvalue weighted by molar-refractivity contribution is 5.77. The molecule has 6 heteroatoms. The van der Waals surface area contributed by atoms with Gasteiger partial charge in [0.15, 0.2) is 0 Å². The van der Waals surface area contributed by atoms with E-state index in [-0.39, 0.29) is 11.5 Å². The number of H-pyrrole nitrogens is 1. The van der Waals surface area contributed by atoms with Crippen LogP contribution in [0.3, 0.4) is 0 Å². The van der Waals surface area contributed by atoms with Gasteiger partial charge in [0, 0.05) is 12.6 Å². The van der Waals surface area contributed by atoms with Crippen LogP contribution in [0, 0.1) is 5.82 Å². The quantitative estimate of drug-likeness (QED) is 0.728. The van der Waals surface area contributed by atoms with Gasteiger partial charge in [-0.15, -0.1) is 0 Å². The predicted octanol–water partition coefficient (Wildman–Crippen LogP) is 1.43. The van der Waals surface area contributed by atoms with Gasteiger partial charge in [-0.3, -0.25) is 14.3 Å². The normalized spacial score (nSPS) is 10.9. The zero-order valence-electron chi connectivity index (χ0n) is 10.6. The van der Waals surface area contributed by atoms with Crippen molar-refractivity contribution in [2.24, 2.45) is 7.05 Å². The van der Waals surface area contributed by atoms with Crippen LogP contribution < -0.4 is 11.2 Å². The molecule has 0 unspecified atom stereocenters. The van der Waals surface area contributed by atoms with Gasteiger partial charge in [0.2, 0.25) is 0 Å². The van der Waals surface area contributed by atoms with Crippen molar-refractivity contribution in [2.75, 3.05) is 0 Å². The van der Waals surface area contributed by atoms with E-state index >= 15 is 0 Å². The summed E-state index contributed by atoms with van der Waals surface area (Å²) >= 11 is 0. The number of halogens is 1. The van der Waals surface area contributed by atoms with Crippen LogP contribution in [-0.2, 0) is 7.05 Å². The number of rotatable bonds is 1. The number of aromatic nitrogens is 3. The highest BCUT2D eigenvalue weighted by Crippen LogP contribution is 2.18. The second kappa shape index (κ2) is 4.41. The second-order valence-electron chi connectivity index (χ2n) is 4.39. The van der Waals surface area contributed by atoms with E-state index in [2.05, 4.69) is 9.97 Å². The third-order valence-electron chi connectivity index (χ3n) is 3.10. The van der Waals surface area contributed by atoms with Crippen LogP contribution in [0.15, 0.2) is 46.0 Å². The standard InChI is InChI=1S/C14H10FN3O2/c1-18-13(19)10-6-7-11(16-12(10)17-14(18)20)8-2-4-9(15)5-3-8/h2-7H,1H3,(H,16,17,20). The van der Waals surface area contributed by atoms with Crippen molar-refractivity contribution in [3.8, 4) is 11.3 Å². The molecule has 5 nitrogen and oxygen atoms in total. The maximum Gasteiger partial charge on any atom is 0.329 e. The first-order chi connectivity index (χ1) is 9.56. The molecule has 0 radical (unpaired) electrons. The van der Waals surface area contributed by atoms with E-state index in [1.54, 1.807) is 24.3 Å². The zero-order chi connectivity index (χ0) is 14.3. The van der Waals surface area contributed by atoms with E-state index < -0.39 is 11.2 Å².